The zero-order chi connectivity index (χ0) is 7.07. The highest BCUT2D eigenvalue weighted by atomic mass is 35.5. The fourth-order valence-corrected chi connectivity index (χ4v) is 0.945. The Morgan fingerprint density at radius 1 is 1.78 bits per heavy atom. The molecule has 0 saturated carbocycles. The number of hydrogen-bond acceptors (Lipinski definition) is 2. The Hall–Kier alpha value is -0.240. The molecular formula is C6H9ClO2. The number of ether oxygens (including phenoxy) is 1. The number of halogens is 1. The molecule has 1 atom stereocenters. The van der Waals surface area contributed by atoms with E-state index in [1.54, 1.807) is 0 Å². The van der Waals surface area contributed by atoms with Crippen LogP contribution in [0.25, 0.3) is 0 Å². The van der Waals surface area contributed by atoms with Crippen molar-refractivity contribution in [3.8, 4) is 0 Å². The van der Waals surface area contributed by atoms with E-state index in [1.807, 2.05) is 13.8 Å². The number of alkyl halides is 1. The maximum Gasteiger partial charge on any atom is 0.308 e. The molecule has 0 aromatic carbocycles. The minimum absolute atomic E-state index is 0.182. The van der Waals surface area contributed by atoms with Gasteiger partial charge in [0.1, 0.15) is 0 Å². The van der Waals surface area contributed by atoms with Crippen molar-refractivity contribution >= 4 is 17.6 Å². The van der Waals surface area contributed by atoms with E-state index in [4.69, 9.17) is 16.3 Å². The molecule has 1 aliphatic rings. The van der Waals surface area contributed by atoms with E-state index < -0.39 is 5.56 Å². The van der Waals surface area contributed by atoms with Gasteiger partial charge < -0.3 is 4.74 Å². The molecule has 0 radical (unpaired) electrons. The number of carbonyl (C=O) groups excluding carboxylic acids is 1. The Bertz CT molecular complexity index is 142. The number of hydrogen-bond donors (Lipinski definition) is 0. The van der Waals surface area contributed by atoms with Crippen molar-refractivity contribution in [2.75, 3.05) is 0 Å². The second-order valence-corrected chi connectivity index (χ2v) is 3.37. The van der Waals surface area contributed by atoms with Gasteiger partial charge in [-0.1, -0.05) is 25.4 Å². The minimum atomic E-state index is -0.440. The zero-order valence-corrected chi connectivity index (χ0v) is 6.23. The molecular weight excluding hydrogens is 140 g/mol. The van der Waals surface area contributed by atoms with Crippen LogP contribution in [0, 0.1) is 5.41 Å². The lowest BCUT2D eigenvalue weighted by Crippen LogP contribution is -2.17. The summed E-state index contributed by atoms with van der Waals surface area (Å²) in [7, 11) is 0. The van der Waals surface area contributed by atoms with Gasteiger partial charge in [-0.25, -0.2) is 0 Å². The second kappa shape index (κ2) is 1.87. The van der Waals surface area contributed by atoms with Gasteiger partial charge in [0.2, 0.25) is 0 Å². The molecule has 1 saturated heterocycles. The summed E-state index contributed by atoms with van der Waals surface area (Å²) in [6.07, 6.45) is 0.432. The van der Waals surface area contributed by atoms with Crippen LogP contribution in [0.1, 0.15) is 20.3 Å². The van der Waals surface area contributed by atoms with Crippen molar-refractivity contribution in [1.29, 1.82) is 0 Å². The first-order valence-corrected chi connectivity index (χ1v) is 3.29. The first-order valence-electron chi connectivity index (χ1n) is 2.86. The normalized spacial score (nSPS) is 32.3. The Labute approximate surface area is 59.1 Å². The van der Waals surface area contributed by atoms with E-state index in [2.05, 4.69) is 0 Å². The first kappa shape index (κ1) is 6.87. The fraction of sp³-hybridized carbons (Fsp3) is 0.833. The molecule has 2 nitrogen and oxygen atoms in total. The summed E-state index contributed by atoms with van der Waals surface area (Å²) in [5, 5.41) is 0. The summed E-state index contributed by atoms with van der Waals surface area (Å²) in [4.78, 5) is 10.6. The summed E-state index contributed by atoms with van der Waals surface area (Å²) >= 11 is 5.66. The summed E-state index contributed by atoms with van der Waals surface area (Å²) in [6.45, 7) is 3.82. The van der Waals surface area contributed by atoms with Gasteiger partial charge in [-0.15, -0.1) is 0 Å². The highest BCUT2D eigenvalue weighted by Gasteiger charge is 2.40. The molecule has 1 aliphatic heterocycles. The Balaban J connectivity index is 2.69. The predicted molar refractivity (Wildman–Crippen MR) is 34.1 cm³/mol. The molecule has 3 heteroatoms. The van der Waals surface area contributed by atoms with Gasteiger partial charge in [0.25, 0.3) is 0 Å². The lowest BCUT2D eigenvalue weighted by Gasteiger charge is -2.16. The Morgan fingerprint density at radius 2 is 2.33 bits per heavy atom. The van der Waals surface area contributed by atoms with Crippen molar-refractivity contribution in [1.82, 2.24) is 0 Å². The van der Waals surface area contributed by atoms with Gasteiger partial charge in [0, 0.05) is 5.41 Å². The lowest BCUT2D eigenvalue weighted by atomic mass is 9.93. The summed E-state index contributed by atoms with van der Waals surface area (Å²) in [5.74, 6) is -0.194. The molecule has 52 valence electrons. The number of carbonyl (C=O) groups is 1. The van der Waals surface area contributed by atoms with E-state index >= 15 is 0 Å². The van der Waals surface area contributed by atoms with E-state index in [9.17, 15) is 4.79 Å². The van der Waals surface area contributed by atoms with Gasteiger partial charge in [-0.2, -0.15) is 0 Å². The number of esters is 1. The highest BCUT2D eigenvalue weighted by molar-refractivity contribution is 6.21. The average Bonchev–Trinajstić information content (AvgIpc) is 1.79. The van der Waals surface area contributed by atoms with Crippen LogP contribution in [0.15, 0.2) is 0 Å². The Kier molecular flexibility index (Phi) is 1.43. The zero-order valence-electron chi connectivity index (χ0n) is 5.48. The molecule has 0 aromatic rings. The van der Waals surface area contributed by atoms with Crippen LogP contribution in [-0.4, -0.2) is 11.5 Å². The Morgan fingerprint density at radius 3 is 2.44 bits per heavy atom. The largest absolute Gasteiger partial charge is 0.445 e. The molecule has 1 fully saturated rings. The summed E-state index contributed by atoms with van der Waals surface area (Å²) in [6, 6.07) is 0. The SMILES string of the molecule is CC1(C)CC(=O)OC1Cl. The van der Waals surface area contributed by atoms with Crippen LogP contribution >= 0.6 is 11.6 Å². The van der Waals surface area contributed by atoms with Crippen LogP contribution in [0.3, 0.4) is 0 Å². The highest BCUT2D eigenvalue weighted by Crippen LogP contribution is 2.36. The standard InChI is InChI=1S/C6H9ClO2/c1-6(2)3-4(8)9-5(6)7/h5H,3H2,1-2H3. The fourth-order valence-electron chi connectivity index (χ4n) is 0.769. The number of rotatable bonds is 0. The molecule has 0 bridgehead atoms. The molecule has 1 heterocycles. The molecule has 0 amide bonds. The molecule has 0 N–H and O–H groups in total. The average molecular weight is 149 g/mol. The van der Waals surface area contributed by atoms with Crippen molar-refractivity contribution in [3.63, 3.8) is 0 Å². The van der Waals surface area contributed by atoms with Crippen LogP contribution in [0.2, 0.25) is 0 Å². The van der Waals surface area contributed by atoms with E-state index in [0.29, 0.717) is 6.42 Å². The molecule has 1 unspecified atom stereocenters. The third-order valence-corrected chi connectivity index (χ3v) is 2.13. The second-order valence-electron chi connectivity index (χ2n) is 2.97. The van der Waals surface area contributed by atoms with Crippen molar-refractivity contribution in [2.24, 2.45) is 5.41 Å². The van der Waals surface area contributed by atoms with Crippen LogP contribution in [-0.2, 0) is 9.53 Å². The summed E-state index contributed by atoms with van der Waals surface area (Å²) < 4.78 is 4.70. The minimum Gasteiger partial charge on any atom is -0.445 e. The molecule has 9 heavy (non-hydrogen) atoms. The van der Waals surface area contributed by atoms with E-state index in [1.165, 1.54) is 0 Å². The van der Waals surface area contributed by atoms with Crippen LogP contribution in [0.4, 0.5) is 0 Å². The number of cyclic esters (lactones) is 1. The molecule has 0 aromatic heterocycles. The van der Waals surface area contributed by atoms with Crippen LogP contribution in [0.5, 0.6) is 0 Å². The van der Waals surface area contributed by atoms with Gasteiger partial charge in [-0.3, -0.25) is 4.79 Å². The third kappa shape index (κ3) is 1.18. The maximum atomic E-state index is 10.6. The molecule has 0 spiro atoms. The quantitative estimate of drug-likeness (QED) is 0.385. The molecule has 1 rings (SSSR count). The lowest BCUT2D eigenvalue weighted by molar-refractivity contribution is -0.139. The van der Waals surface area contributed by atoms with Gasteiger partial charge in [0.15, 0.2) is 5.56 Å². The summed E-state index contributed by atoms with van der Waals surface area (Å²) in [5.41, 5.74) is -0.622. The van der Waals surface area contributed by atoms with E-state index in [-0.39, 0.29) is 11.4 Å². The van der Waals surface area contributed by atoms with Gasteiger partial charge in [-0.05, 0) is 0 Å². The van der Waals surface area contributed by atoms with Crippen molar-refractivity contribution < 1.29 is 9.53 Å². The van der Waals surface area contributed by atoms with E-state index in [0.717, 1.165) is 0 Å². The topological polar surface area (TPSA) is 26.3 Å². The van der Waals surface area contributed by atoms with Gasteiger partial charge >= 0.3 is 5.97 Å². The maximum absolute atomic E-state index is 10.6. The van der Waals surface area contributed by atoms with Crippen LogP contribution < -0.4 is 0 Å². The third-order valence-electron chi connectivity index (χ3n) is 1.45. The monoisotopic (exact) mass is 148 g/mol. The smallest absolute Gasteiger partial charge is 0.308 e. The van der Waals surface area contributed by atoms with Crippen molar-refractivity contribution in [2.45, 2.75) is 25.8 Å². The van der Waals surface area contributed by atoms with Gasteiger partial charge in [0.05, 0.1) is 6.42 Å². The molecule has 0 aliphatic carbocycles. The van der Waals surface area contributed by atoms with Crippen molar-refractivity contribution in [3.05, 3.63) is 0 Å². The predicted octanol–water partition coefficient (Wildman–Crippen LogP) is 1.52. The first-order chi connectivity index (χ1) is 4.02.